The lowest BCUT2D eigenvalue weighted by molar-refractivity contribution is -0.168. The van der Waals surface area contributed by atoms with Gasteiger partial charge in [-0.05, 0) is 19.1 Å². The van der Waals surface area contributed by atoms with Crippen molar-refractivity contribution >= 4 is 17.5 Å². The SMILES string of the molecule is C[C@H](CC(=O)c1ncn2c1CN(C(=O)Nc1ccc(F)c(F)c1)[C@@H](C)C2)C(F)(F)F. The molecule has 0 unspecified atom stereocenters. The summed E-state index contributed by atoms with van der Waals surface area (Å²) in [5, 5.41) is 2.45. The highest BCUT2D eigenvalue weighted by atomic mass is 19.4. The lowest BCUT2D eigenvalue weighted by atomic mass is 10.0. The Morgan fingerprint density at radius 3 is 2.60 bits per heavy atom. The van der Waals surface area contributed by atoms with Gasteiger partial charge in [0.25, 0.3) is 0 Å². The number of alkyl halides is 3. The molecule has 2 atom stereocenters. The number of nitrogens with zero attached hydrogens (tertiary/aromatic N) is 3. The molecule has 3 rings (SSSR count). The quantitative estimate of drug-likeness (QED) is 0.579. The van der Waals surface area contributed by atoms with Crippen LogP contribution in [0.1, 0.15) is 36.5 Å². The van der Waals surface area contributed by atoms with E-state index in [1.54, 1.807) is 11.5 Å². The predicted molar refractivity (Wildman–Crippen MR) is 96.8 cm³/mol. The lowest BCUT2D eigenvalue weighted by Gasteiger charge is -2.34. The fraction of sp³-hybridized carbons (Fsp3) is 0.421. The summed E-state index contributed by atoms with van der Waals surface area (Å²) in [6, 6.07) is 1.94. The van der Waals surface area contributed by atoms with E-state index in [0.29, 0.717) is 5.69 Å². The maximum atomic E-state index is 13.4. The number of anilines is 1. The normalized spacial score (nSPS) is 17.4. The minimum Gasteiger partial charge on any atom is -0.330 e. The van der Waals surface area contributed by atoms with Crippen LogP contribution in [0.5, 0.6) is 0 Å². The van der Waals surface area contributed by atoms with Gasteiger partial charge in [0, 0.05) is 30.8 Å². The van der Waals surface area contributed by atoms with Crippen molar-refractivity contribution < 1.29 is 31.5 Å². The second-order valence-corrected chi connectivity index (χ2v) is 7.30. The van der Waals surface area contributed by atoms with Crippen molar-refractivity contribution in [3.05, 3.63) is 47.5 Å². The molecule has 11 heteroatoms. The zero-order valence-corrected chi connectivity index (χ0v) is 16.1. The second-order valence-electron chi connectivity index (χ2n) is 7.30. The Kier molecular flexibility index (Phi) is 5.82. The molecule has 1 aromatic carbocycles. The fourth-order valence-electron chi connectivity index (χ4n) is 3.20. The van der Waals surface area contributed by atoms with Gasteiger partial charge < -0.3 is 14.8 Å². The molecule has 1 N–H and O–H groups in total. The third-order valence-electron chi connectivity index (χ3n) is 5.01. The number of carbonyl (C=O) groups excluding carboxylic acids is 2. The van der Waals surface area contributed by atoms with Gasteiger partial charge in [0.2, 0.25) is 0 Å². The average molecular weight is 430 g/mol. The number of Topliss-reactive ketones (excluding diaryl/α,β-unsaturated/α-hetero) is 1. The van der Waals surface area contributed by atoms with Gasteiger partial charge in [0.05, 0.1) is 24.5 Å². The molecule has 0 saturated heterocycles. The number of carbonyl (C=O) groups is 2. The van der Waals surface area contributed by atoms with Gasteiger partial charge in [0.1, 0.15) is 5.69 Å². The molecular weight excluding hydrogens is 411 g/mol. The molecule has 0 spiro atoms. The van der Waals surface area contributed by atoms with Gasteiger partial charge in [-0.3, -0.25) is 4.79 Å². The molecule has 2 heterocycles. The minimum atomic E-state index is -4.50. The first-order chi connectivity index (χ1) is 14.0. The van der Waals surface area contributed by atoms with E-state index in [4.69, 9.17) is 0 Å². The molecule has 1 aliphatic rings. The fourth-order valence-corrected chi connectivity index (χ4v) is 3.20. The van der Waals surface area contributed by atoms with Gasteiger partial charge in [0.15, 0.2) is 17.4 Å². The number of aromatic nitrogens is 2. The number of halogens is 5. The van der Waals surface area contributed by atoms with Crippen LogP contribution in [0.4, 0.5) is 32.4 Å². The van der Waals surface area contributed by atoms with E-state index in [9.17, 15) is 31.5 Å². The van der Waals surface area contributed by atoms with Crippen molar-refractivity contribution in [1.29, 1.82) is 0 Å². The topological polar surface area (TPSA) is 67.2 Å². The third kappa shape index (κ3) is 4.44. The molecule has 0 aliphatic carbocycles. The zero-order valence-electron chi connectivity index (χ0n) is 16.1. The van der Waals surface area contributed by atoms with Gasteiger partial charge in [-0.15, -0.1) is 0 Å². The van der Waals surface area contributed by atoms with Crippen LogP contribution < -0.4 is 5.32 Å². The van der Waals surface area contributed by atoms with Crippen LogP contribution in [0, 0.1) is 17.6 Å². The highest BCUT2D eigenvalue weighted by Crippen LogP contribution is 2.30. The molecule has 0 saturated carbocycles. The van der Waals surface area contributed by atoms with E-state index < -0.39 is 42.0 Å². The number of hydrogen-bond donors (Lipinski definition) is 1. The van der Waals surface area contributed by atoms with E-state index in [1.807, 2.05) is 0 Å². The Balaban J connectivity index is 1.77. The summed E-state index contributed by atoms with van der Waals surface area (Å²) in [4.78, 5) is 30.3. The summed E-state index contributed by atoms with van der Waals surface area (Å²) in [5.74, 6) is -4.76. The monoisotopic (exact) mass is 430 g/mol. The van der Waals surface area contributed by atoms with E-state index in [2.05, 4.69) is 10.3 Å². The van der Waals surface area contributed by atoms with Crippen LogP contribution in [-0.2, 0) is 13.1 Å². The summed E-state index contributed by atoms with van der Waals surface area (Å²) in [7, 11) is 0. The molecule has 2 aromatic rings. The zero-order chi connectivity index (χ0) is 22.2. The van der Waals surface area contributed by atoms with Crippen LogP contribution in [0.15, 0.2) is 24.5 Å². The summed E-state index contributed by atoms with van der Waals surface area (Å²) >= 11 is 0. The van der Waals surface area contributed by atoms with E-state index >= 15 is 0 Å². The Bertz CT molecular complexity index is 972. The number of rotatable bonds is 4. The smallest absolute Gasteiger partial charge is 0.330 e. The highest BCUT2D eigenvalue weighted by Gasteiger charge is 2.39. The lowest BCUT2D eigenvalue weighted by Crippen LogP contribution is -2.46. The van der Waals surface area contributed by atoms with Crippen molar-refractivity contribution in [2.24, 2.45) is 5.92 Å². The van der Waals surface area contributed by atoms with Crippen molar-refractivity contribution in [1.82, 2.24) is 14.5 Å². The Morgan fingerprint density at radius 1 is 1.27 bits per heavy atom. The molecule has 162 valence electrons. The van der Waals surface area contributed by atoms with Crippen LogP contribution >= 0.6 is 0 Å². The van der Waals surface area contributed by atoms with Gasteiger partial charge in [-0.2, -0.15) is 13.2 Å². The number of amides is 2. The molecule has 30 heavy (non-hydrogen) atoms. The van der Waals surface area contributed by atoms with Crippen molar-refractivity contribution in [3.63, 3.8) is 0 Å². The summed E-state index contributed by atoms with van der Waals surface area (Å²) in [5.41, 5.74) is 0.261. The van der Waals surface area contributed by atoms with Crippen molar-refractivity contribution in [2.45, 2.75) is 45.6 Å². The number of urea groups is 1. The number of nitrogens with one attached hydrogen (secondary N) is 1. The standard InChI is InChI=1S/C19H19F5N4O2/c1-10(19(22,23)24)5-16(29)17-15-8-28(11(2)7-27(15)9-25-17)18(30)26-12-3-4-13(20)14(21)6-12/h3-4,6,9-11H,5,7-8H2,1-2H3,(H,26,30)/t10-,11+/m1/s1. The van der Waals surface area contributed by atoms with Gasteiger partial charge in [-0.25, -0.2) is 18.6 Å². The molecule has 2 amide bonds. The van der Waals surface area contributed by atoms with Crippen molar-refractivity contribution in [2.75, 3.05) is 5.32 Å². The maximum Gasteiger partial charge on any atom is 0.391 e. The Hall–Kier alpha value is -2.98. The Labute approximate surface area is 168 Å². The van der Waals surface area contributed by atoms with Crippen LogP contribution in [0.25, 0.3) is 0 Å². The predicted octanol–water partition coefficient (Wildman–Crippen LogP) is 4.37. The average Bonchev–Trinajstić information content (AvgIpc) is 3.05. The molecule has 1 aliphatic heterocycles. The van der Waals surface area contributed by atoms with Crippen LogP contribution in [0.3, 0.4) is 0 Å². The molecular formula is C19H19F5N4O2. The van der Waals surface area contributed by atoms with E-state index in [0.717, 1.165) is 19.1 Å². The molecule has 0 bridgehead atoms. The number of imidazole rings is 1. The number of ketones is 1. The van der Waals surface area contributed by atoms with E-state index in [-0.39, 0.29) is 30.5 Å². The first kappa shape index (κ1) is 21.7. The number of hydrogen-bond acceptors (Lipinski definition) is 3. The summed E-state index contributed by atoms with van der Waals surface area (Å²) in [6.07, 6.45) is -3.88. The van der Waals surface area contributed by atoms with Gasteiger partial charge >= 0.3 is 12.2 Å². The summed E-state index contributed by atoms with van der Waals surface area (Å²) in [6.45, 7) is 2.86. The number of fused-ring (bicyclic) bond motifs is 1. The second kappa shape index (κ2) is 8.04. The molecule has 1 aromatic heterocycles. The van der Waals surface area contributed by atoms with Crippen molar-refractivity contribution in [3.8, 4) is 0 Å². The largest absolute Gasteiger partial charge is 0.391 e. The molecule has 0 radical (unpaired) electrons. The maximum absolute atomic E-state index is 13.4. The molecule has 6 nitrogen and oxygen atoms in total. The van der Waals surface area contributed by atoms with Gasteiger partial charge in [-0.1, -0.05) is 6.92 Å². The van der Waals surface area contributed by atoms with E-state index in [1.165, 1.54) is 17.3 Å². The van der Waals surface area contributed by atoms with Crippen LogP contribution in [0.2, 0.25) is 0 Å². The third-order valence-corrected chi connectivity index (χ3v) is 5.01. The minimum absolute atomic E-state index is 0.0421. The van der Waals surface area contributed by atoms with Crippen LogP contribution in [-0.4, -0.2) is 38.5 Å². The summed E-state index contributed by atoms with van der Waals surface area (Å²) < 4.78 is 66.4. The molecule has 0 fully saturated rings. The Morgan fingerprint density at radius 2 is 1.97 bits per heavy atom. The highest BCUT2D eigenvalue weighted by molar-refractivity contribution is 5.96. The first-order valence-electron chi connectivity index (χ1n) is 9.14. The number of benzene rings is 1. The first-order valence-corrected chi connectivity index (χ1v) is 9.14.